The van der Waals surface area contributed by atoms with Gasteiger partial charge in [0.05, 0.1) is 26.8 Å². The van der Waals surface area contributed by atoms with Crippen molar-refractivity contribution in [3.63, 3.8) is 0 Å². The van der Waals surface area contributed by atoms with E-state index < -0.39 is 0 Å². The first kappa shape index (κ1) is 19.1. The largest absolute Gasteiger partial charge is 0.321 e. The van der Waals surface area contributed by atoms with Crippen molar-refractivity contribution in [3.8, 4) is 0 Å². The Morgan fingerprint density at radius 2 is 1.73 bits per heavy atom. The molecule has 0 saturated carbocycles. The third-order valence-electron chi connectivity index (χ3n) is 3.41. The van der Waals surface area contributed by atoms with Crippen molar-refractivity contribution in [2.24, 2.45) is 0 Å². The van der Waals surface area contributed by atoms with E-state index in [0.717, 1.165) is 0 Å². The molecule has 8 heteroatoms. The van der Waals surface area contributed by atoms with E-state index in [9.17, 15) is 9.59 Å². The molecule has 132 valence electrons. The molecule has 1 aromatic heterocycles. The fourth-order valence-electron chi connectivity index (χ4n) is 2.21. The highest BCUT2D eigenvalue weighted by Crippen LogP contribution is 2.32. The van der Waals surface area contributed by atoms with Crippen LogP contribution in [0.3, 0.4) is 0 Å². The van der Waals surface area contributed by atoms with Gasteiger partial charge in [-0.25, -0.2) is 0 Å². The van der Waals surface area contributed by atoms with Crippen LogP contribution in [0.25, 0.3) is 0 Å². The zero-order chi connectivity index (χ0) is 18.7. The van der Waals surface area contributed by atoms with Crippen LogP contribution >= 0.6 is 54.8 Å². The van der Waals surface area contributed by atoms with Gasteiger partial charge in [0.2, 0.25) is 0 Å². The third-order valence-corrected chi connectivity index (χ3v) is 5.69. The van der Waals surface area contributed by atoms with Crippen molar-refractivity contribution in [1.29, 1.82) is 0 Å². The minimum absolute atomic E-state index is 0.283. The van der Waals surface area contributed by atoms with Crippen molar-refractivity contribution in [3.05, 3.63) is 78.3 Å². The zero-order valence-electron chi connectivity index (χ0n) is 13.1. The van der Waals surface area contributed by atoms with E-state index in [1.807, 2.05) is 5.38 Å². The van der Waals surface area contributed by atoms with Gasteiger partial charge in [-0.15, -0.1) is 11.3 Å². The Labute approximate surface area is 175 Å². The number of benzene rings is 2. The standard InChI is InChI=1S/C18H11Br2ClN2O2S/c19-10-8-11(17(24)22-14-5-2-1-4-13(14)21)16(12(20)9-10)23-18(25)15-6-3-7-26-15/h1-9H,(H,22,24)(H,23,25). The molecule has 0 fully saturated rings. The number of para-hydroxylation sites is 1. The molecular formula is C18H11Br2ClN2O2S. The molecule has 0 radical (unpaired) electrons. The molecule has 26 heavy (non-hydrogen) atoms. The van der Waals surface area contributed by atoms with E-state index >= 15 is 0 Å². The number of nitrogens with one attached hydrogen (secondary N) is 2. The smallest absolute Gasteiger partial charge is 0.265 e. The van der Waals surface area contributed by atoms with Crippen molar-refractivity contribution in [1.82, 2.24) is 0 Å². The van der Waals surface area contributed by atoms with Gasteiger partial charge in [0.15, 0.2) is 0 Å². The minimum Gasteiger partial charge on any atom is -0.321 e. The maximum Gasteiger partial charge on any atom is 0.265 e. The molecule has 0 unspecified atom stereocenters. The number of halogens is 3. The van der Waals surface area contributed by atoms with Crippen molar-refractivity contribution in [2.75, 3.05) is 10.6 Å². The number of carbonyl (C=O) groups is 2. The lowest BCUT2D eigenvalue weighted by molar-refractivity contribution is 0.102. The van der Waals surface area contributed by atoms with Gasteiger partial charge in [-0.2, -0.15) is 0 Å². The quantitative estimate of drug-likeness (QED) is 0.422. The summed E-state index contributed by atoms with van der Waals surface area (Å²) in [5, 5.41) is 7.81. The van der Waals surface area contributed by atoms with Gasteiger partial charge in [-0.3, -0.25) is 9.59 Å². The molecule has 0 atom stereocenters. The van der Waals surface area contributed by atoms with Crippen LogP contribution < -0.4 is 10.6 Å². The monoisotopic (exact) mass is 512 g/mol. The normalized spacial score (nSPS) is 10.4. The molecular weight excluding hydrogens is 504 g/mol. The zero-order valence-corrected chi connectivity index (χ0v) is 17.8. The van der Waals surface area contributed by atoms with E-state index in [4.69, 9.17) is 11.6 Å². The van der Waals surface area contributed by atoms with Crippen LogP contribution in [0.1, 0.15) is 20.0 Å². The number of hydrogen-bond donors (Lipinski definition) is 2. The van der Waals surface area contributed by atoms with Crippen LogP contribution in [0.4, 0.5) is 11.4 Å². The number of anilines is 2. The lowest BCUT2D eigenvalue weighted by Crippen LogP contribution is -2.18. The van der Waals surface area contributed by atoms with E-state index in [-0.39, 0.29) is 11.8 Å². The number of thiophene rings is 1. The van der Waals surface area contributed by atoms with E-state index in [0.29, 0.717) is 35.8 Å². The first-order chi connectivity index (χ1) is 12.5. The Bertz CT molecular complexity index is 977. The van der Waals surface area contributed by atoms with E-state index in [1.54, 1.807) is 48.5 Å². The highest BCUT2D eigenvalue weighted by atomic mass is 79.9. The SMILES string of the molecule is O=C(Nc1c(Br)cc(Br)cc1C(=O)Nc1ccccc1Cl)c1cccs1. The van der Waals surface area contributed by atoms with E-state index in [2.05, 4.69) is 42.5 Å². The molecule has 1 heterocycles. The molecule has 0 spiro atoms. The lowest BCUT2D eigenvalue weighted by atomic mass is 10.1. The summed E-state index contributed by atoms with van der Waals surface area (Å²) in [6.07, 6.45) is 0. The molecule has 0 bridgehead atoms. The molecule has 2 amide bonds. The first-order valence-electron chi connectivity index (χ1n) is 7.35. The Morgan fingerprint density at radius 3 is 2.42 bits per heavy atom. The highest BCUT2D eigenvalue weighted by Gasteiger charge is 2.19. The van der Waals surface area contributed by atoms with Crippen molar-refractivity contribution < 1.29 is 9.59 Å². The van der Waals surface area contributed by atoms with Crippen molar-refractivity contribution in [2.45, 2.75) is 0 Å². The second-order valence-corrected chi connectivity index (χ2v) is 8.30. The summed E-state index contributed by atoms with van der Waals surface area (Å²) in [4.78, 5) is 25.8. The second-order valence-electron chi connectivity index (χ2n) is 5.18. The average Bonchev–Trinajstić information content (AvgIpc) is 3.13. The summed E-state index contributed by atoms with van der Waals surface area (Å²) in [5.74, 6) is -0.670. The van der Waals surface area contributed by atoms with Crippen LogP contribution in [-0.4, -0.2) is 11.8 Å². The number of rotatable bonds is 4. The Morgan fingerprint density at radius 1 is 0.962 bits per heavy atom. The summed E-state index contributed by atoms with van der Waals surface area (Å²) in [7, 11) is 0. The summed E-state index contributed by atoms with van der Waals surface area (Å²) < 4.78 is 1.28. The summed E-state index contributed by atoms with van der Waals surface area (Å²) >= 11 is 14.2. The van der Waals surface area contributed by atoms with Gasteiger partial charge in [-0.05, 0) is 51.6 Å². The first-order valence-corrected chi connectivity index (χ1v) is 10.2. The molecule has 3 rings (SSSR count). The van der Waals surface area contributed by atoms with Crippen LogP contribution in [0.2, 0.25) is 5.02 Å². The van der Waals surface area contributed by atoms with Crippen LogP contribution in [0.15, 0.2) is 62.9 Å². The van der Waals surface area contributed by atoms with Gasteiger partial charge in [0.1, 0.15) is 0 Å². The molecule has 0 aliphatic carbocycles. The third kappa shape index (κ3) is 4.35. The predicted molar refractivity (Wildman–Crippen MR) is 114 cm³/mol. The van der Waals surface area contributed by atoms with Gasteiger partial charge in [0, 0.05) is 8.95 Å². The number of carbonyl (C=O) groups excluding carboxylic acids is 2. The predicted octanol–water partition coefficient (Wildman–Crippen LogP) is 6.43. The molecule has 2 aromatic carbocycles. The maximum atomic E-state index is 12.8. The van der Waals surface area contributed by atoms with Crippen LogP contribution in [0, 0.1) is 0 Å². The topological polar surface area (TPSA) is 58.2 Å². The summed E-state index contributed by atoms with van der Waals surface area (Å²) in [6, 6.07) is 13.9. The molecule has 4 nitrogen and oxygen atoms in total. The van der Waals surface area contributed by atoms with Crippen LogP contribution in [-0.2, 0) is 0 Å². The second kappa shape index (κ2) is 8.35. The lowest BCUT2D eigenvalue weighted by Gasteiger charge is -2.14. The van der Waals surface area contributed by atoms with Crippen molar-refractivity contribution >= 4 is 78.0 Å². The Balaban J connectivity index is 1.94. The molecule has 2 N–H and O–H groups in total. The average molecular weight is 515 g/mol. The number of hydrogen-bond acceptors (Lipinski definition) is 3. The van der Waals surface area contributed by atoms with Crippen LogP contribution in [0.5, 0.6) is 0 Å². The maximum absolute atomic E-state index is 12.8. The molecule has 0 aliphatic rings. The Kier molecular flexibility index (Phi) is 6.13. The van der Waals surface area contributed by atoms with Gasteiger partial charge >= 0.3 is 0 Å². The fraction of sp³-hybridized carbons (Fsp3) is 0. The summed E-state index contributed by atoms with van der Waals surface area (Å²) in [6.45, 7) is 0. The summed E-state index contributed by atoms with van der Waals surface area (Å²) in [5.41, 5.74) is 1.18. The minimum atomic E-state index is -0.387. The van der Waals surface area contributed by atoms with E-state index in [1.165, 1.54) is 11.3 Å². The number of amides is 2. The fourth-order valence-corrected chi connectivity index (χ4v) is 4.34. The van der Waals surface area contributed by atoms with Gasteiger partial charge < -0.3 is 10.6 Å². The molecule has 3 aromatic rings. The molecule has 0 aliphatic heterocycles. The van der Waals surface area contributed by atoms with Gasteiger partial charge in [-0.1, -0.05) is 45.7 Å². The molecule has 0 saturated heterocycles. The van der Waals surface area contributed by atoms with Gasteiger partial charge in [0.25, 0.3) is 11.8 Å². The highest BCUT2D eigenvalue weighted by molar-refractivity contribution is 9.11. The Hall–Kier alpha value is -1.67.